The normalized spacial score (nSPS) is 12.4. The molecule has 4 heteroatoms. The van der Waals surface area contributed by atoms with Crippen molar-refractivity contribution in [2.75, 3.05) is 7.05 Å². The summed E-state index contributed by atoms with van der Waals surface area (Å²) in [5, 5.41) is 3.14. The minimum atomic E-state index is -0.294. The Hall–Kier alpha value is -1.26. The Labute approximate surface area is 114 Å². The van der Waals surface area contributed by atoms with Crippen molar-refractivity contribution in [2.45, 2.75) is 13.0 Å². The van der Waals surface area contributed by atoms with Gasteiger partial charge in [0.1, 0.15) is 5.82 Å². The number of rotatable bonds is 3. The van der Waals surface area contributed by atoms with E-state index in [4.69, 9.17) is 0 Å². The summed E-state index contributed by atoms with van der Waals surface area (Å²) >= 11 is 3.47. The standard InChI is InChI=1S/C14H14BrFN2/c1-9-7-10(3-4-12(9)15)14(17-2)11-5-6-18-8-13(11)16/h3-8,14,17H,1-2H3. The van der Waals surface area contributed by atoms with Gasteiger partial charge in [-0.15, -0.1) is 0 Å². The monoisotopic (exact) mass is 308 g/mol. The van der Waals surface area contributed by atoms with Crippen LogP contribution in [0.25, 0.3) is 0 Å². The Balaban J connectivity index is 2.45. The van der Waals surface area contributed by atoms with Crippen molar-refractivity contribution in [3.63, 3.8) is 0 Å². The largest absolute Gasteiger partial charge is 0.309 e. The van der Waals surface area contributed by atoms with Crippen molar-refractivity contribution in [1.82, 2.24) is 10.3 Å². The van der Waals surface area contributed by atoms with Gasteiger partial charge in [-0.2, -0.15) is 0 Å². The number of aromatic nitrogens is 1. The summed E-state index contributed by atoms with van der Waals surface area (Å²) in [6.45, 7) is 2.02. The molecule has 0 radical (unpaired) electrons. The SMILES string of the molecule is CNC(c1ccc(Br)c(C)c1)c1ccncc1F. The molecule has 18 heavy (non-hydrogen) atoms. The fraction of sp³-hybridized carbons (Fsp3) is 0.214. The van der Waals surface area contributed by atoms with Crippen LogP contribution in [0.2, 0.25) is 0 Å². The van der Waals surface area contributed by atoms with E-state index in [0.29, 0.717) is 5.56 Å². The fourth-order valence-electron chi connectivity index (χ4n) is 1.97. The molecule has 0 bridgehead atoms. The number of hydrogen-bond acceptors (Lipinski definition) is 2. The van der Waals surface area contributed by atoms with Crippen LogP contribution in [-0.2, 0) is 0 Å². The Bertz CT molecular complexity index is 557. The van der Waals surface area contributed by atoms with Gasteiger partial charge in [-0.05, 0) is 37.2 Å². The number of aryl methyl sites for hydroxylation is 1. The molecule has 2 aromatic rings. The first-order valence-electron chi connectivity index (χ1n) is 5.66. The minimum absolute atomic E-state index is 0.167. The summed E-state index contributed by atoms with van der Waals surface area (Å²) in [5.74, 6) is -0.294. The van der Waals surface area contributed by atoms with E-state index in [1.165, 1.54) is 6.20 Å². The van der Waals surface area contributed by atoms with Crippen LogP contribution in [0.4, 0.5) is 4.39 Å². The van der Waals surface area contributed by atoms with Crippen molar-refractivity contribution >= 4 is 15.9 Å². The summed E-state index contributed by atoms with van der Waals surface area (Å²) in [6.07, 6.45) is 2.85. The molecule has 94 valence electrons. The van der Waals surface area contributed by atoms with Gasteiger partial charge in [0.15, 0.2) is 0 Å². The van der Waals surface area contributed by atoms with E-state index in [0.717, 1.165) is 15.6 Å². The Morgan fingerprint density at radius 3 is 2.72 bits per heavy atom. The second kappa shape index (κ2) is 5.59. The summed E-state index contributed by atoms with van der Waals surface area (Å²) in [5.41, 5.74) is 2.76. The molecule has 1 aromatic carbocycles. The Morgan fingerprint density at radius 2 is 2.11 bits per heavy atom. The molecule has 1 N–H and O–H groups in total. The molecule has 0 aliphatic carbocycles. The molecule has 0 aliphatic heterocycles. The highest BCUT2D eigenvalue weighted by Gasteiger charge is 2.16. The topological polar surface area (TPSA) is 24.9 Å². The molecular formula is C14H14BrFN2. The highest BCUT2D eigenvalue weighted by molar-refractivity contribution is 9.10. The zero-order valence-corrected chi connectivity index (χ0v) is 11.8. The van der Waals surface area contributed by atoms with Crippen LogP contribution in [0.5, 0.6) is 0 Å². The first-order chi connectivity index (χ1) is 8.63. The number of pyridine rings is 1. The zero-order valence-electron chi connectivity index (χ0n) is 10.2. The Morgan fingerprint density at radius 1 is 1.33 bits per heavy atom. The molecule has 2 nitrogen and oxygen atoms in total. The molecule has 1 heterocycles. The van der Waals surface area contributed by atoms with Gasteiger partial charge in [0.2, 0.25) is 0 Å². The van der Waals surface area contributed by atoms with E-state index < -0.39 is 0 Å². The lowest BCUT2D eigenvalue weighted by molar-refractivity contribution is 0.570. The fourth-order valence-corrected chi connectivity index (χ4v) is 2.22. The molecule has 0 aliphatic rings. The first-order valence-corrected chi connectivity index (χ1v) is 6.45. The van der Waals surface area contributed by atoms with Gasteiger partial charge in [-0.1, -0.05) is 28.1 Å². The van der Waals surface area contributed by atoms with E-state index in [-0.39, 0.29) is 11.9 Å². The molecule has 0 amide bonds. The van der Waals surface area contributed by atoms with Gasteiger partial charge in [0.05, 0.1) is 12.2 Å². The van der Waals surface area contributed by atoms with Gasteiger partial charge in [-0.25, -0.2) is 4.39 Å². The number of benzene rings is 1. The molecule has 0 fully saturated rings. The third-order valence-corrected chi connectivity index (χ3v) is 3.81. The highest BCUT2D eigenvalue weighted by atomic mass is 79.9. The van der Waals surface area contributed by atoms with Crippen molar-refractivity contribution in [2.24, 2.45) is 0 Å². The average Bonchev–Trinajstić information content (AvgIpc) is 2.37. The average molecular weight is 309 g/mol. The maximum atomic E-state index is 13.8. The summed E-state index contributed by atoms with van der Waals surface area (Å²) in [4.78, 5) is 3.78. The van der Waals surface area contributed by atoms with Crippen molar-refractivity contribution in [3.8, 4) is 0 Å². The van der Waals surface area contributed by atoms with E-state index in [9.17, 15) is 4.39 Å². The maximum absolute atomic E-state index is 13.8. The highest BCUT2D eigenvalue weighted by Crippen LogP contribution is 2.26. The lowest BCUT2D eigenvalue weighted by Gasteiger charge is -2.18. The van der Waals surface area contributed by atoms with Crippen molar-refractivity contribution in [1.29, 1.82) is 0 Å². The van der Waals surface area contributed by atoms with Crippen LogP contribution in [-0.4, -0.2) is 12.0 Å². The number of nitrogens with zero attached hydrogens (tertiary/aromatic N) is 1. The molecule has 0 saturated carbocycles. The molecule has 1 unspecified atom stereocenters. The summed E-state index contributed by atoms with van der Waals surface area (Å²) in [7, 11) is 1.82. The van der Waals surface area contributed by atoms with Crippen LogP contribution < -0.4 is 5.32 Å². The van der Waals surface area contributed by atoms with Crippen LogP contribution in [0.15, 0.2) is 41.1 Å². The molecule has 0 saturated heterocycles. The first kappa shape index (κ1) is 13.2. The Kier molecular flexibility index (Phi) is 4.09. The van der Waals surface area contributed by atoms with Gasteiger partial charge < -0.3 is 5.32 Å². The lowest BCUT2D eigenvalue weighted by Crippen LogP contribution is -2.19. The van der Waals surface area contributed by atoms with Gasteiger partial charge >= 0.3 is 0 Å². The van der Waals surface area contributed by atoms with Crippen molar-refractivity contribution < 1.29 is 4.39 Å². The van der Waals surface area contributed by atoms with E-state index in [1.54, 1.807) is 12.3 Å². The second-order valence-corrected chi connectivity index (χ2v) is 4.98. The molecule has 2 rings (SSSR count). The van der Waals surface area contributed by atoms with Crippen LogP contribution in [0, 0.1) is 12.7 Å². The van der Waals surface area contributed by atoms with E-state index in [2.05, 4.69) is 26.2 Å². The summed E-state index contributed by atoms with van der Waals surface area (Å²) < 4.78 is 14.8. The molecule has 1 atom stereocenters. The summed E-state index contributed by atoms with van der Waals surface area (Å²) in [6, 6.07) is 7.55. The molecule has 1 aromatic heterocycles. The van der Waals surface area contributed by atoms with Gasteiger partial charge in [0.25, 0.3) is 0 Å². The third-order valence-electron chi connectivity index (χ3n) is 2.92. The number of halogens is 2. The van der Waals surface area contributed by atoms with Crippen LogP contribution in [0.1, 0.15) is 22.7 Å². The smallest absolute Gasteiger partial charge is 0.146 e. The minimum Gasteiger partial charge on any atom is -0.309 e. The zero-order chi connectivity index (χ0) is 13.1. The van der Waals surface area contributed by atoms with E-state index in [1.807, 2.05) is 32.2 Å². The third kappa shape index (κ3) is 2.60. The van der Waals surface area contributed by atoms with Crippen molar-refractivity contribution in [3.05, 3.63) is 63.6 Å². The van der Waals surface area contributed by atoms with Crippen LogP contribution >= 0.6 is 15.9 Å². The van der Waals surface area contributed by atoms with Gasteiger partial charge in [-0.3, -0.25) is 4.98 Å². The van der Waals surface area contributed by atoms with Crippen LogP contribution in [0.3, 0.4) is 0 Å². The molecule has 0 spiro atoms. The van der Waals surface area contributed by atoms with Gasteiger partial charge in [0, 0.05) is 16.2 Å². The second-order valence-electron chi connectivity index (χ2n) is 4.13. The van der Waals surface area contributed by atoms with E-state index >= 15 is 0 Å². The predicted molar refractivity (Wildman–Crippen MR) is 74.0 cm³/mol. The molecular weight excluding hydrogens is 295 g/mol. The lowest BCUT2D eigenvalue weighted by atomic mass is 9.98. The predicted octanol–water partition coefficient (Wildman–Crippen LogP) is 3.60. The number of nitrogens with one attached hydrogen (secondary N) is 1. The quantitative estimate of drug-likeness (QED) is 0.937. The maximum Gasteiger partial charge on any atom is 0.146 e. The number of hydrogen-bond donors (Lipinski definition) is 1.